The molecule has 2 N–H and O–H groups in total. The molecular formula is C25H35N2O3+. The van der Waals surface area contributed by atoms with Gasteiger partial charge in [0.1, 0.15) is 12.0 Å². The van der Waals surface area contributed by atoms with Crippen molar-refractivity contribution in [1.29, 1.82) is 0 Å². The second-order valence-corrected chi connectivity index (χ2v) is 10.1. The van der Waals surface area contributed by atoms with Gasteiger partial charge in [0.25, 0.3) is 0 Å². The predicted molar refractivity (Wildman–Crippen MR) is 116 cm³/mol. The van der Waals surface area contributed by atoms with Crippen LogP contribution in [0, 0.1) is 23.2 Å². The quantitative estimate of drug-likeness (QED) is 0.587. The first-order valence-corrected chi connectivity index (χ1v) is 11.7. The Labute approximate surface area is 179 Å². The molecule has 5 nitrogen and oxygen atoms in total. The lowest BCUT2D eigenvalue weighted by Gasteiger charge is -2.51. The zero-order valence-corrected chi connectivity index (χ0v) is 18.2. The molecule has 2 aliphatic carbocycles. The minimum atomic E-state index is -0.501. The fraction of sp³-hybridized carbons (Fsp3) is 0.640. The van der Waals surface area contributed by atoms with E-state index in [0.29, 0.717) is 5.92 Å². The van der Waals surface area contributed by atoms with E-state index >= 15 is 0 Å². The van der Waals surface area contributed by atoms with E-state index in [2.05, 4.69) is 55.2 Å². The highest BCUT2D eigenvalue weighted by Gasteiger charge is 2.60. The highest BCUT2D eigenvalue weighted by molar-refractivity contribution is 5.76. The number of esters is 1. The monoisotopic (exact) mass is 411 g/mol. The van der Waals surface area contributed by atoms with Crippen molar-refractivity contribution in [3.63, 3.8) is 0 Å². The number of hydrogen-bond acceptors (Lipinski definition) is 4. The van der Waals surface area contributed by atoms with Gasteiger partial charge in [-0.1, -0.05) is 43.7 Å². The van der Waals surface area contributed by atoms with Crippen molar-refractivity contribution in [3.05, 3.63) is 42.0 Å². The van der Waals surface area contributed by atoms with Crippen LogP contribution in [-0.4, -0.2) is 56.0 Å². The Bertz CT molecular complexity index is 817. The van der Waals surface area contributed by atoms with Crippen LogP contribution in [-0.2, 0) is 9.53 Å². The Balaban J connectivity index is 1.28. The van der Waals surface area contributed by atoms with Gasteiger partial charge >= 0.3 is 5.97 Å². The number of para-hydroxylation sites is 1. The van der Waals surface area contributed by atoms with Crippen molar-refractivity contribution in [3.8, 4) is 0 Å². The third kappa shape index (κ3) is 3.18. The van der Waals surface area contributed by atoms with Gasteiger partial charge < -0.3 is 19.6 Å². The summed E-state index contributed by atoms with van der Waals surface area (Å²) in [6, 6.07) is 10.6. The molecule has 0 spiro atoms. The van der Waals surface area contributed by atoms with E-state index in [-0.39, 0.29) is 29.3 Å². The maximum atomic E-state index is 12.9. The Kier molecular flexibility index (Phi) is 5.14. The summed E-state index contributed by atoms with van der Waals surface area (Å²) in [7, 11) is 0. The van der Waals surface area contributed by atoms with Gasteiger partial charge in [0.05, 0.1) is 38.8 Å². The van der Waals surface area contributed by atoms with Crippen molar-refractivity contribution in [2.75, 3.05) is 37.6 Å². The topological polar surface area (TPSA) is 54.2 Å². The molecule has 0 bridgehead atoms. The molecule has 1 saturated carbocycles. The number of carbonyl (C=O) groups excluding carboxylic acids is 1. The third-order valence-corrected chi connectivity index (χ3v) is 8.67. The molecule has 30 heavy (non-hydrogen) atoms. The second-order valence-electron chi connectivity index (χ2n) is 10.1. The SMILES string of the molecule is C[C@@H]1CCC=C2C[C@H]3OC(=O)[C@@H](C[NH+]4CCN(c5ccccc5)CC4)[C@H]3[C@@H](O)[C@@]21C. The summed E-state index contributed by atoms with van der Waals surface area (Å²) in [6.07, 6.45) is 4.65. The number of anilines is 1. The van der Waals surface area contributed by atoms with E-state index in [9.17, 15) is 9.90 Å². The van der Waals surface area contributed by atoms with E-state index in [0.717, 1.165) is 52.0 Å². The van der Waals surface area contributed by atoms with Crippen LogP contribution < -0.4 is 9.80 Å². The van der Waals surface area contributed by atoms with Crippen LogP contribution in [0.3, 0.4) is 0 Å². The van der Waals surface area contributed by atoms with E-state index in [1.807, 2.05) is 0 Å². The zero-order chi connectivity index (χ0) is 20.9. The lowest BCUT2D eigenvalue weighted by atomic mass is 9.55. The molecule has 5 rings (SSSR count). The molecule has 1 aromatic rings. The molecular weight excluding hydrogens is 376 g/mol. The van der Waals surface area contributed by atoms with Crippen molar-refractivity contribution in [1.82, 2.24) is 0 Å². The third-order valence-electron chi connectivity index (χ3n) is 8.67. The summed E-state index contributed by atoms with van der Waals surface area (Å²) >= 11 is 0. The van der Waals surface area contributed by atoms with Gasteiger partial charge in [0.2, 0.25) is 0 Å². The van der Waals surface area contributed by atoms with E-state index in [4.69, 9.17) is 4.74 Å². The molecule has 162 valence electrons. The number of fused-ring (bicyclic) bond motifs is 2. The zero-order valence-electron chi connectivity index (χ0n) is 18.2. The Morgan fingerprint density at radius 2 is 1.97 bits per heavy atom. The fourth-order valence-electron chi connectivity index (χ4n) is 6.53. The van der Waals surface area contributed by atoms with Crippen LogP contribution in [0.5, 0.6) is 0 Å². The predicted octanol–water partition coefficient (Wildman–Crippen LogP) is 1.68. The molecule has 0 amide bonds. The van der Waals surface area contributed by atoms with Crippen LogP contribution in [0.4, 0.5) is 5.69 Å². The summed E-state index contributed by atoms with van der Waals surface area (Å²) in [4.78, 5) is 16.7. The number of ether oxygens (including phenoxy) is 1. The van der Waals surface area contributed by atoms with Crippen molar-refractivity contribution in [2.24, 2.45) is 23.2 Å². The van der Waals surface area contributed by atoms with Crippen LogP contribution in [0.1, 0.15) is 33.1 Å². The fourth-order valence-corrected chi connectivity index (χ4v) is 6.53. The largest absolute Gasteiger partial charge is 0.461 e. The maximum Gasteiger partial charge on any atom is 0.315 e. The van der Waals surface area contributed by atoms with Crippen LogP contribution in [0.2, 0.25) is 0 Å². The highest BCUT2D eigenvalue weighted by Crippen LogP contribution is 2.55. The molecule has 2 aliphatic heterocycles. The maximum absolute atomic E-state index is 12.9. The Morgan fingerprint density at radius 1 is 1.23 bits per heavy atom. The molecule has 0 radical (unpaired) electrons. The number of allylic oxidation sites excluding steroid dienone is 1. The number of carbonyl (C=O) groups is 1. The molecule has 1 aromatic carbocycles. The number of nitrogens with zero attached hydrogens (tertiary/aromatic N) is 1. The standard InChI is InChI=1S/C25H34N2O3/c1-17-7-6-8-18-15-21-22(23(28)25(17,18)2)20(24(29)30-21)16-26-11-13-27(14-12-26)19-9-4-3-5-10-19/h3-5,8-10,17,20-23,28H,6-7,11-16H2,1-2H3/p+1/t17-,20+,21-,22-,23-,25-/m1/s1. The molecule has 5 heteroatoms. The first-order valence-electron chi connectivity index (χ1n) is 11.7. The molecule has 0 aromatic heterocycles. The van der Waals surface area contributed by atoms with E-state index < -0.39 is 6.10 Å². The van der Waals surface area contributed by atoms with Gasteiger partial charge in [-0.25, -0.2) is 0 Å². The minimum absolute atomic E-state index is 0.0696. The average Bonchev–Trinajstić information content (AvgIpc) is 3.07. The molecule has 6 atom stereocenters. The molecule has 0 unspecified atom stereocenters. The Morgan fingerprint density at radius 3 is 2.70 bits per heavy atom. The number of piperazine rings is 1. The Hall–Kier alpha value is -1.85. The van der Waals surface area contributed by atoms with Gasteiger partial charge in [-0.15, -0.1) is 0 Å². The number of hydrogen-bond donors (Lipinski definition) is 2. The van der Waals surface area contributed by atoms with Crippen molar-refractivity contribution >= 4 is 11.7 Å². The number of aliphatic hydroxyl groups excluding tert-OH is 1. The van der Waals surface area contributed by atoms with Crippen molar-refractivity contribution < 1.29 is 19.5 Å². The summed E-state index contributed by atoms with van der Waals surface area (Å²) in [5.74, 6) is 0.0970. The van der Waals surface area contributed by atoms with Gasteiger partial charge in [-0.2, -0.15) is 0 Å². The number of nitrogens with one attached hydrogen (secondary N) is 1. The molecule has 2 saturated heterocycles. The minimum Gasteiger partial charge on any atom is -0.461 e. The molecule has 2 heterocycles. The number of quaternary nitrogens is 1. The van der Waals surface area contributed by atoms with Crippen LogP contribution >= 0.6 is 0 Å². The van der Waals surface area contributed by atoms with Crippen molar-refractivity contribution in [2.45, 2.75) is 45.3 Å². The normalized spacial score (nSPS) is 39.2. The second kappa shape index (κ2) is 7.69. The summed E-state index contributed by atoms with van der Waals surface area (Å²) in [5.41, 5.74) is 2.37. The van der Waals surface area contributed by atoms with E-state index in [1.54, 1.807) is 0 Å². The van der Waals surface area contributed by atoms with Gasteiger partial charge in [-0.05, 0) is 30.9 Å². The smallest absolute Gasteiger partial charge is 0.315 e. The molecule has 4 aliphatic rings. The van der Waals surface area contributed by atoms with Gasteiger partial charge in [0.15, 0.2) is 0 Å². The van der Waals surface area contributed by atoms with Crippen LogP contribution in [0.15, 0.2) is 42.0 Å². The van der Waals surface area contributed by atoms with E-state index in [1.165, 1.54) is 16.2 Å². The van der Waals surface area contributed by atoms with Gasteiger partial charge in [0, 0.05) is 23.4 Å². The lowest BCUT2D eigenvalue weighted by Crippen LogP contribution is -3.15. The summed E-state index contributed by atoms with van der Waals surface area (Å²) in [6.45, 7) is 9.30. The average molecular weight is 412 g/mol. The summed E-state index contributed by atoms with van der Waals surface area (Å²) in [5, 5.41) is 11.5. The first kappa shape index (κ1) is 20.1. The summed E-state index contributed by atoms with van der Waals surface area (Å²) < 4.78 is 5.85. The highest BCUT2D eigenvalue weighted by atomic mass is 16.6. The lowest BCUT2D eigenvalue weighted by molar-refractivity contribution is -0.903. The van der Waals surface area contributed by atoms with Crippen LogP contribution in [0.25, 0.3) is 0 Å². The van der Waals surface area contributed by atoms with Gasteiger partial charge in [-0.3, -0.25) is 4.79 Å². The first-order chi connectivity index (χ1) is 14.5. The number of benzene rings is 1. The molecule has 3 fully saturated rings. The number of aliphatic hydroxyl groups is 1. The number of rotatable bonds is 3.